The van der Waals surface area contributed by atoms with Crippen molar-refractivity contribution in [2.24, 2.45) is 5.92 Å². The Bertz CT molecular complexity index is 607. The third kappa shape index (κ3) is 6.70. The first kappa shape index (κ1) is 20.3. The van der Waals surface area contributed by atoms with Gasteiger partial charge in [-0.25, -0.2) is 4.79 Å². The molecule has 0 unspecified atom stereocenters. The van der Waals surface area contributed by atoms with Crippen molar-refractivity contribution < 1.29 is 29.0 Å². The molecule has 0 radical (unpaired) electrons. The minimum atomic E-state index is -1.11. The smallest absolute Gasteiger partial charge is 0.326 e. The highest BCUT2D eigenvalue weighted by molar-refractivity contribution is 5.97. The Morgan fingerprint density at radius 3 is 2.08 bits per heavy atom. The van der Waals surface area contributed by atoms with Crippen LogP contribution in [0.4, 0.5) is 0 Å². The van der Waals surface area contributed by atoms with E-state index in [1.807, 2.05) is 13.8 Å². The van der Waals surface area contributed by atoms with E-state index in [9.17, 15) is 14.4 Å². The number of aliphatic carboxylic acids is 1. The van der Waals surface area contributed by atoms with Crippen LogP contribution in [-0.2, 0) is 9.59 Å². The van der Waals surface area contributed by atoms with Crippen molar-refractivity contribution in [2.45, 2.75) is 26.3 Å². The average molecular weight is 352 g/mol. The summed E-state index contributed by atoms with van der Waals surface area (Å²) in [5.41, 5.74) is 0.265. The van der Waals surface area contributed by atoms with Crippen molar-refractivity contribution >= 4 is 17.8 Å². The molecule has 1 aromatic rings. The van der Waals surface area contributed by atoms with Gasteiger partial charge in [0.05, 0.1) is 20.8 Å². The third-order valence-corrected chi connectivity index (χ3v) is 3.36. The number of nitrogens with one attached hydrogen (secondary N) is 2. The van der Waals surface area contributed by atoms with Gasteiger partial charge < -0.3 is 25.2 Å². The number of hydrogen-bond donors (Lipinski definition) is 3. The lowest BCUT2D eigenvalue weighted by molar-refractivity contribution is -0.142. The Morgan fingerprint density at radius 1 is 1.08 bits per heavy atom. The van der Waals surface area contributed by atoms with Crippen molar-refractivity contribution in [2.75, 3.05) is 20.8 Å². The van der Waals surface area contributed by atoms with E-state index in [1.54, 1.807) is 6.07 Å². The molecule has 0 aliphatic rings. The lowest BCUT2D eigenvalue weighted by Gasteiger charge is -2.16. The van der Waals surface area contributed by atoms with Gasteiger partial charge in [0.25, 0.3) is 5.91 Å². The molecule has 0 heterocycles. The van der Waals surface area contributed by atoms with Gasteiger partial charge in [-0.05, 0) is 24.5 Å². The molecule has 1 atom stereocenters. The Hall–Kier alpha value is -2.77. The first-order valence-corrected chi connectivity index (χ1v) is 7.80. The van der Waals surface area contributed by atoms with E-state index in [0.717, 1.165) is 0 Å². The highest BCUT2D eigenvalue weighted by Gasteiger charge is 2.21. The van der Waals surface area contributed by atoms with Gasteiger partial charge in [-0.15, -0.1) is 0 Å². The number of hydrogen-bond acceptors (Lipinski definition) is 5. The van der Waals surface area contributed by atoms with Crippen LogP contribution in [0.3, 0.4) is 0 Å². The van der Waals surface area contributed by atoms with Gasteiger partial charge in [-0.3, -0.25) is 9.59 Å². The number of carboxylic acids is 1. The summed E-state index contributed by atoms with van der Waals surface area (Å²) in [5, 5.41) is 14.0. The zero-order valence-corrected chi connectivity index (χ0v) is 14.8. The molecule has 1 rings (SSSR count). The summed E-state index contributed by atoms with van der Waals surface area (Å²) in [6.45, 7) is 3.39. The molecule has 0 spiro atoms. The molecule has 8 nitrogen and oxygen atoms in total. The van der Waals surface area contributed by atoms with Crippen LogP contribution < -0.4 is 20.1 Å². The predicted octanol–water partition coefficient (Wildman–Crippen LogP) is 1.05. The third-order valence-electron chi connectivity index (χ3n) is 3.36. The second kappa shape index (κ2) is 9.51. The fourth-order valence-corrected chi connectivity index (χ4v) is 2.14. The lowest BCUT2D eigenvalue weighted by atomic mass is 10.0. The Morgan fingerprint density at radius 2 is 1.64 bits per heavy atom. The molecule has 8 heteroatoms. The van der Waals surface area contributed by atoms with E-state index < -0.39 is 23.8 Å². The maximum absolute atomic E-state index is 12.2. The summed E-state index contributed by atoms with van der Waals surface area (Å²) >= 11 is 0. The largest absolute Gasteiger partial charge is 0.497 e. The minimum absolute atomic E-state index is 0.111. The zero-order chi connectivity index (χ0) is 19.0. The van der Waals surface area contributed by atoms with Gasteiger partial charge in [-0.2, -0.15) is 0 Å². The fraction of sp³-hybridized carbons (Fsp3) is 0.471. The van der Waals surface area contributed by atoms with Gasteiger partial charge in [-0.1, -0.05) is 13.8 Å². The number of carbonyl (C=O) groups is 3. The topological polar surface area (TPSA) is 114 Å². The summed E-state index contributed by atoms with van der Waals surface area (Å²) < 4.78 is 10.2. The van der Waals surface area contributed by atoms with Crippen LogP contribution in [0.1, 0.15) is 30.6 Å². The van der Waals surface area contributed by atoms with Crippen LogP contribution in [0.25, 0.3) is 0 Å². The molecule has 0 saturated heterocycles. The summed E-state index contributed by atoms with van der Waals surface area (Å²) in [6.07, 6.45) is 0.308. The molecule has 1 aromatic carbocycles. The maximum atomic E-state index is 12.2. The van der Waals surface area contributed by atoms with E-state index in [2.05, 4.69) is 10.6 Å². The number of carboxylic acid groups (broad SMARTS) is 1. The van der Waals surface area contributed by atoms with Gasteiger partial charge >= 0.3 is 5.97 Å². The standard InChI is InChI=1S/C17H24N2O6/c1-10(2)5-14(17(22)23)19-15(20)9-18-16(21)11-6-12(24-3)8-13(7-11)25-4/h6-8,10,14H,5,9H2,1-4H3,(H,18,21)(H,19,20)(H,22,23)/t14-/m0/s1. The molecule has 0 aromatic heterocycles. The number of amides is 2. The van der Waals surface area contributed by atoms with Crippen molar-refractivity contribution in [3.05, 3.63) is 23.8 Å². The maximum Gasteiger partial charge on any atom is 0.326 e. The monoisotopic (exact) mass is 352 g/mol. The van der Waals surface area contributed by atoms with Gasteiger partial charge in [0.1, 0.15) is 17.5 Å². The highest BCUT2D eigenvalue weighted by Crippen LogP contribution is 2.22. The van der Waals surface area contributed by atoms with E-state index in [1.165, 1.54) is 26.4 Å². The molecule has 25 heavy (non-hydrogen) atoms. The SMILES string of the molecule is COc1cc(OC)cc(C(=O)NCC(=O)N[C@@H](CC(C)C)C(=O)O)c1. The lowest BCUT2D eigenvalue weighted by Crippen LogP contribution is -2.46. The van der Waals surface area contributed by atoms with Crippen molar-refractivity contribution in [1.82, 2.24) is 10.6 Å². The van der Waals surface area contributed by atoms with Crippen LogP contribution in [0.5, 0.6) is 11.5 Å². The number of methoxy groups -OCH3 is 2. The van der Waals surface area contributed by atoms with E-state index in [0.29, 0.717) is 17.9 Å². The zero-order valence-electron chi connectivity index (χ0n) is 14.8. The summed E-state index contributed by atoms with van der Waals surface area (Å²) in [7, 11) is 2.93. The molecule has 0 bridgehead atoms. The quantitative estimate of drug-likeness (QED) is 0.612. The Labute approximate surface area is 146 Å². The van der Waals surface area contributed by atoms with Crippen LogP contribution in [-0.4, -0.2) is 49.7 Å². The van der Waals surface area contributed by atoms with E-state index in [-0.39, 0.29) is 18.0 Å². The average Bonchev–Trinajstić information content (AvgIpc) is 2.57. The van der Waals surface area contributed by atoms with Crippen LogP contribution in [0, 0.1) is 5.92 Å². The van der Waals surface area contributed by atoms with E-state index >= 15 is 0 Å². The summed E-state index contributed by atoms with van der Waals surface area (Å²) in [6, 6.07) is 3.65. The number of rotatable bonds is 9. The predicted molar refractivity (Wildman–Crippen MR) is 90.9 cm³/mol. The van der Waals surface area contributed by atoms with Crippen LogP contribution >= 0.6 is 0 Å². The molecular weight excluding hydrogens is 328 g/mol. The Balaban J connectivity index is 2.66. The van der Waals surface area contributed by atoms with E-state index in [4.69, 9.17) is 14.6 Å². The van der Waals surface area contributed by atoms with Gasteiger partial charge in [0.15, 0.2) is 0 Å². The molecule has 0 saturated carbocycles. The van der Waals surface area contributed by atoms with Gasteiger partial charge in [0.2, 0.25) is 5.91 Å². The first-order chi connectivity index (χ1) is 11.8. The van der Waals surface area contributed by atoms with Crippen LogP contribution in [0.15, 0.2) is 18.2 Å². The molecule has 2 amide bonds. The summed E-state index contributed by atoms with van der Waals surface area (Å²) in [5.74, 6) is -1.18. The second-order valence-corrected chi connectivity index (χ2v) is 5.87. The van der Waals surface area contributed by atoms with Crippen molar-refractivity contribution in [1.29, 1.82) is 0 Å². The number of benzene rings is 1. The van der Waals surface area contributed by atoms with Gasteiger partial charge in [0, 0.05) is 11.6 Å². The number of ether oxygens (including phenoxy) is 2. The normalized spacial score (nSPS) is 11.6. The molecule has 0 aliphatic heterocycles. The molecule has 3 N–H and O–H groups in total. The second-order valence-electron chi connectivity index (χ2n) is 5.87. The first-order valence-electron chi connectivity index (χ1n) is 7.80. The van der Waals surface area contributed by atoms with Crippen molar-refractivity contribution in [3.8, 4) is 11.5 Å². The summed E-state index contributed by atoms with van der Waals surface area (Å²) in [4.78, 5) is 35.2. The molecule has 0 aliphatic carbocycles. The molecule has 0 fully saturated rings. The van der Waals surface area contributed by atoms with Crippen LogP contribution in [0.2, 0.25) is 0 Å². The molecule has 138 valence electrons. The Kier molecular flexibility index (Phi) is 7.71. The number of carbonyl (C=O) groups excluding carboxylic acids is 2. The minimum Gasteiger partial charge on any atom is -0.497 e. The molecular formula is C17H24N2O6. The van der Waals surface area contributed by atoms with Crippen molar-refractivity contribution in [3.63, 3.8) is 0 Å². The highest BCUT2D eigenvalue weighted by atomic mass is 16.5. The fourth-order valence-electron chi connectivity index (χ4n) is 2.14.